The van der Waals surface area contributed by atoms with Gasteiger partial charge < -0.3 is 0 Å². The van der Waals surface area contributed by atoms with Crippen LogP contribution in [0.1, 0.15) is 0 Å². The fourth-order valence-corrected chi connectivity index (χ4v) is 0.154. The summed E-state index contributed by atoms with van der Waals surface area (Å²) in [5, 5.41) is 9.32. The van der Waals surface area contributed by atoms with Crippen LogP contribution in [0.2, 0.25) is 0 Å². The summed E-state index contributed by atoms with van der Waals surface area (Å²) in [7, 11) is 0. The molecule has 33 valence electrons. The van der Waals surface area contributed by atoms with Crippen molar-refractivity contribution in [1.29, 1.82) is 0 Å². The molecule has 3 heteroatoms. The first-order chi connectivity index (χ1) is 2.77. The van der Waals surface area contributed by atoms with E-state index in [-0.39, 0.29) is 0 Å². The van der Waals surface area contributed by atoms with Crippen LogP contribution in [0.15, 0.2) is 11.6 Å². The van der Waals surface area contributed by atoms with Crippen LogP contribution < -0.4 is 0 Å². The molecule has 0 rings (SSSR count). The van der Waals surface area contributed by atoms with Crippen molar-refractivity contribution in [3.8, 4) is 0 Å². The summed E-state index contributed by atoms with van der Waals surface area (Å²) in [6, 6.07) is 0. The second-order valence-electron chi connectivity index (χ2n) is 0.612. The quantitative estimate of drug-likeness (QED) is 0.452. The highest BCUT2D eigenvalue weighted by Crippen LogP contribution is 1.75. The predicted octanol–water partition coefficient (Wildman–Crippen LogP) is 0.696. The Morgan fingerprint density at radius 3 is 2.17 bits per heavy atom. The Kier molecular flexibility index (Phi) is 2.50. The fourth-order valence-electron chi connectivity index (χ4n) is 0.0514. The van der Waals surface area contributed by atoms with Crippen LogP contribution in [-0.2, 0) is 9.90 Å². The lowest BCUT2D eigenvalue weighted by molar-refractivity contribution is -0.137. The van der Waals surface area contributed by atoms with Gasteiger partial charge in [-0.1, -0.05) is 11.6 Å². The molecule has 0 saturated heterocycles. The largest absolute Gasteiger partial charge is 0.380 e. The predicted molar refractivity (Wildman–Crippen MR) is 20.7 cm³/mol. The van der Waals surface area contributed by atoms with Crippen molar-refractivity contribution < 1.29 is 9.90 Å². The van der Waals surface area contributed by atoms with E-state index in [1.807, 2.05) is 0 Å². The minimum atomic E-state index is -1.27. The Hall–Kier alpha value is -0.500. The van der Waals surface area contributed by atoms with Gasteiger partial charge in [-0.05, 0) is 0 Å². The first kappa shape index (κ1) is 5.50. The highest BCUT2D eigenvalue weighted by Gasteiger charge is 1.82. The van der Waals surface area contributed by atoms with E-state index in [4.69, 9.17) is 11.6 Å². The topological polar surface area (TPSA) is 37.0 Å². The molecule has 0 bridgehead atoms. The summed E-state index contributed by atoms with van der Waals surface area (Å²) in [6.45, 7) is 0. The lowest BCUT2D eigenvalue weighted by Crippen LogP contribution is -1.79. The molecular formula is C3H2ClO2. The molecule has 0 aliphatic heterocycles. The third-order valence-corrected chi connectivity index (χ3v) is 0.325. The molecule has 0 heterocycles. The van der Waals surface area contributed by atoms with Crippen molar-refractivity contribution in [3.63, 3.8) is 0 Å². The maximum absolute atomic E-state index is 9.32. The lowest BCUT2D eigenvalue weighted by atomic mass is 10.7. The lowest BCUT2D eigenvalue weighted by Gasteiger charge is -1.61. The molecule has 0 aromatic rings. The number of halogens is 1. The molecule has 0 fully saturated rings. The second kappa shape index (κ2) is 2.72. The van der Waals surface area contributed by atoms with E-state index >= 15 is 0 Å². The van der Waals surface area contributed by atoms with Crippen LogP contribution in [0.25, 0.3) is 0 Å². The van der Waals surface area contributed by atoms with Crippen molar-refractivity contribution >= 4 is 17.6 Å². The normalized spacial score (nSPS) is 9.50. The van der Waals surface area contributed by atoms with Gasteiger partial charge in [0.25, 0.3) is 0 Å². The number of rotatable bonds is 1. The van der Waals surface area contributed by atoms with Crippen LogP contribution in [0.4, 0.5) is 0 Å². The van der Waals surface area contributed by atoms with Crippen LogP contribution in [-0.4, -0.2) is 5.97 Å². The van der Waals surface area contributed by atoms with Crippen LogP contribution in [0, 0.1) is 0 Å². The molecule has 0 amide bonds. The van der Waals surface area contributed by atoms with E-state index in [0.29, 0.717) is 0 Å². The molecule has 0 aliphatic rings. The summed E-state index contributed by atoms with van der Waals surface area (Å²) in [5.74, 6) is -1.27. The molecule has 0 N–H and O–H groups in total. The maximum Gasteiger partial charge on any atom is 0.380 e. The van der Waals surface area contributed by atoms with Gasteiger partial charge in [0.05, 0.1) is 0 Å². The average molecular weight is 106 g/mol. The smallest absolute Gasteiger partial charge is 0.242 e. The Labute approximate surface area is 40.0 Å². The van der Waals surface area contributed by atoms with E-state index in [9.17, 15) is 9.90 Å². The van der Waals surface area contributed by atoms with Gasteiger partial charge in [-0.2, -0.15) is 0 Å². The zero-order valence-electron chi connectivity index (χ0n) is 2.85. The molecule has 0 spiro atoms. The number of carbonyl (C=O) groups excluding carboxylic acids is 1. The van der Waals surface area contributed by atoms with E-state index in [0.717, 1.165) is 11.6 Å². The number of hydrogen-bond acceptors (Lipinski definition) is 1. The summed E-state index contributed by atoms with van der Waals surface area (Å²) < 4.78 is 0. The minimum absolute atomic E-state index is 0.738. The van der Waals surface area contributed by atoms with Crippen molar-refractivity contribution in [2.24, 2.45) is 0 Å². The SMILES string of the molecule is [O]C(=O)C=CCl. The molecule has 0 aromatic carbocycles. The maximum atomic E-state index is 9.32. The highest BCUT2D eigenvalue weighted by molar-refractivity contribution is 6.26. The first-order valence-electron chi connectivity index (χ1n) is 1.25. The van der Waals surface area contributed by atoms with Crippen molar-refractivity contribution in [2.45, 2.75) is 0 Å². The molecular weight excluding hydrogens is 103 g/mol. The Bertz CT molecular complexity index is 76.9. The monoisotopic (exact) mass is 105 g/mol. The van der Waals surface area contributed by atoms with Gasteiger partial charge in [-0.15, -0.1) is 0 Å². The molecule has 0 atom stereocenters. The van der Waals surface area contributed by atoms with Gasteiger partial charge in [0.15, 0.2) is 0 Å². The van der Waals surface area contributed by atoms with E-state index in [1.165, 1.54) is 0 Å². The Morgan fingerprint density at radius 2 is 2.17 bits per heavy atom. The first-order valence-corrected chi connectivity index (χ1v) is 1.68. The second-order valence-corrected chi connectivity index (χ2v) is 0.864. The molecule has 0 aromatic heterocycles. The Morgan fingerprint density at radius 1 is 1.67 bits per heavy atom. The van der Waals surface area contributed by atoms with Gasteiger partial charge in [0, 0.05) is 11.6 Å². The zero-order chi connectivity index (χ0) is 4.99. The summed E-state index contributed by atoms with van der Waals surface area (Å²) in [6.07, 6.45) is 0.738. The van der Waals surface area contributed by atoms with Gasteiger partial charge in [0.2, 0.25) is 0 Å². The Balaban J connectivity index is 3.30. The molecule has 2 nitrogen and oxygen atoms in total. The van der Waals surface area contributed by atoms with Crippen LogP contribution >= 0.6 is 11.6 Å². The van der Waals surface area contributed by atoms with Gasteiger partial charge >= 0.3 is 5.97 Å². The van der Waals surface area contributed by atoms with E-state index in [2.05, 4.69) is 0 Å². The van der Waals surface area contributed by atoms with Crippen molar-refractivity contribution in [3.05, 3.63) is 11.6 Å². The third-order valence-electron chi connectivity index (χ3n) is 0.199. The summed E-state index contributed by atoms with van der Waals surface area (Å²) >= 11 is 4.80. The summed E-state index contributed by atoms with van der Waals surface area (Å²) in [5.41, 5.74) is 0.884. The molecule has 0 unspecified atom stereocenters. The third kappa shape index (κ3) is 3.50. The molecule has 6 heavy (non-hydrogen) atoms. The van der Waals surface area contributed by atoms with Gasteiger partial charge in [-0.3, -0.25) is 0 Å². The molecule has 1 radical (unpaired) electrons. The van der Waals surface area contributed by atoms with Crippen LogP contribution in [0.3, 0.4) is 0 Å². The van der Waals surface area contributed by atoms with Crippen molar-refractivity contribution in [1.82, 2.24) is 0 Å². The summed E-state index contributed by atoms with van der Waals surface area (Å²) in [4.78, 5) is 9.32. The van der Waals surface area contributed by atoms with E-state index in [1.54, 1.807) is 0 Å². The number of hydrogen-bond donors (Lipinski definition) is 0. The van der Waals surface area contributed by atoms with E-state index < -0.39 is 5.97 Å². The fraction of sp³-hybridized carbons (Fsp3) is 0. The van der Waals surface area contributed by atoms with Crippen LogP contribution in [0.5, 0.6) is 0 Å². The van der Waals surface area contributed by atoms with Gasteiger partial charge in [-0.25, -0.2) is 9.90 Å². The number of carbonyl (C=O) groups is 1. The average Bonchev–Trinajstić information content (AvgIpc) is 1.35. The molecule has 0 aliphatic carbocycles. The standard InChI is InChI=1S/C3H2ClO2/c4-2-1-3(5)6/h1-2H. The van der Waals surface area contributed by atoms with Gasteiger partial charge in [0.1, 0.15) is 0 Å². The zero-order valence-corrected chi connectivity index (χ0v) is 3.61. The molecule has 0 saturated carbocycles. The minimum Gasteiger partial charge on any atom is -0.242 e. The van der Waals surface area contributed by atoms with Crippen molar-refractivity contribution in [2.75, 3.05) is 0 Å². The highest BCUT2D eigenvalue weighted by atomic mass is 35.5.